The molecule has 0 atom stereocenters. The number of nitrogens with zero attached hydrogens (tertiary/aromatic N) is 1. The van der Waals surface area contributed by atoms with Crippen LogP contribution in [0.1, 0.15) is 116 Å². The normalized spacial score (nSPS) is 11.8. The largest absolute Gasteiger partial charge is 1.00 e. The Morgan fingerprint density at radius 3 is 1.21 bits per heavy atom. The molecular weight excluding hydrogens is 386 g/mol. The van der Waals surface area contributed by atoms with Crippen molar-refractivity contribution in [1.29, 1.82) is 0 Å². The highest BCUT2D eigenvalue weighted by atomic mass is 35.5. The molecule has 5 heteroatoms. The first-order valence-electron chi connectivity index (χ1n) is 12.2. The van der Waals surface area contributed by atoms with Crippen LogP contribution in [0.15, 0.2) is 0 Å². The Balaban J connectivity index is 0. The molecule has 0 amide bonds. The molecule has 0 radical (unpaired) electrons. The van der Waals surface area contributed by atoms with Crippen molar-refractivity contribution >= 4 is 9.28 Å². The number of hydrogen-bond donors (Lipinski definition) is 2. The molecule has 0 aliphatic rings. The summed E-state index contributed by atoms with van der Waals surface area (Å²) in [5.41, 5.74) is 0. The fraction of sp³-hybridized carbons (Fsp3) is 1.00. The Bertz CT molecular complexity index is 304. The minimum absolute atomic E-state index is 0. The van der Waals surface area contributed by atoms with E-state index in [1.807, 2.05) is 0 Å². The fourth-order valence-electron chi connectivity index (χ4n) is 3.90. The average molecular weight is 438 g/mol. The maximum Gasteiger partial charge on any atom is 0.316 e. The topological polar surface area (TPSA) is 40.5 Å². The van der Waals surface area contributed by atoms with Crippen LogP contribution in [0.3, 0.4) is 0 Å². The molecule has 0 unspecified atom stereocenters. The number of unbranched alkanes of at least 4 members (excludes halogenated alkanes) is 15. The lowest BCUT2D eigenvalue weighted by Crippen LogP contribution is -3.00. The van der Waals surface area contributed by atoms with E-state index in [0.717, 1.165) is 17.4 Å². The van der Waals surface area contributed by atoms with Crippen LogP contribution in [-0.2, 0) is 0 Å². The quantitative estimate of drug-likeness (QED) is 0.165. The summed E-state index contributed by atoms with van der Waals surface area (Å²) in [6.07, 6.45) is 23.7. The van der Waals surface area contributed by atoms with Crippen LogP contribution in [0, 0.1) is 0 Å². The van der Waals surface area contributed by atoms with Gasteiger partial charge in [0.2, 0.25) is 0 Å². The van der Waals surface area contributed by atoms with Crippen LogP contribution >= 0.6 is 0 Å². The van der Waals surface area contributed by atoms with Crippen molar-refractivity contribution in [3.8, 4) is 0 Å². The van der Waals surface area contributed by atoms with E-state index in [1.54, 1.807) is 0 Å². The van der Waals surface area contributed by atoms with Gasteiger partial charge >= 0.3 is 9.28 Å². The van der Waals surface area contributed by atoms with Gasteiger partial charge in [-0.3, -0.25) is 0 Å². The van der Waals surface area contributed by atoms with Gasteiger partial charge in [-0.25, -0.2) is 0 Å². The monoisotopic (exact) mass is 437 g/mol. The molecule has 0 bridgehead atoms. The molecule has 0 fully saturated rings. The highest BCUT2D eigenvalue weighted by Gasteiger charge is 2.15. The molecule has 28 heavy (non-hydrogen) atoms. The van der Waals surface area contributed by atoms with Gasteiger partial charge in [0.25, 0.3) is 0 Å². The molecule has 0 saturated carbocycles. The molecule has 0 aromatic carbocycles. The molecule has 3 nitrogen and oxygen atoms in total. The predicted molar refractivity (Wildman–Crippen MR) is 122 cm³/mol. The van der Waals surface area contributed by atoms with Crippen LogP contribution in [0.5, 0.6) is 0 Å². The molecule has 0 heterocycles. The van der Waals surface area contributed by atoms with Gasteiger partial charge in [0.1, 0.15) is 0 Å². The third-order valence-corrected chi connectivity index (χ3v) is 6.77. The Labute approximate surface area is 185 Å². The van der Waals surface area contributed by atoms with Crippen molar-refractivity contribution in [2.24, 2.45) is 0 Å². The number of quaternary nitrogens is 1. The van der Waals surface area contributed by atoms with Crippen LogP contribution in [-0.4, -0.2) is 50.5 Å². The second-order valence-electron chi connectivity index (χ2n) is 9.31. The number of rotatable bonds is 21. The van der Waals surface area contributed by atoms with Crippen molar-refractivity contribution in [1.82, 2.24) is 0 Å². The molecule has 0 aromatic heterocycles. The maximum atomic E-state index is 9.06. The number of hydrogen-bond acceptors (Lipinski definition) is 2. The van der Waals surface area contributed by atoms with Gasteiger partial charge < -0.3 is 26.5 Å². The van der Waals surface area contributed by atoms with Gasteiger partial charge in [-0.2, -0.15) is 0 Å². The highest BCUT2D eigenvalue weighted by Crippen LogP contribution is 2.14. The average Bonchev–Trinajstić information content (AvgIpc) is 2.60. The zero-order valence-electron chi connectivity index (χ0n) is 19.4. The summed E-state index contributed by atoms with van der Waals surface area (Å²) in [5.74, 6) is 0. The summed E-state index contributed by atoms with van der Waals surface area (Å²) < 4.78 is 1.03. The van der Waals surface area contributed by atoms with Gasteiger partial charge in [0.05, 0.1) is 27.2 Å². The van der Waals surface area contributed by atoms with Gasteiger partial charge in [-0.15, -0.1) is 0 Å². The summed E-state index contributed by atoms with van der Waals surface area (Å²) in [5, 5.41) is 0. The second-order valence-corrected chi connectivity index (χ2v) is 10.8. The van der Waals surface area contributed by atoms with Crippen molar-refractivity contribution in [2.45, 2.75) is 122 Å². The van der Waals surface area contributed by atoms with Crippen molar-refractivity contribution in [2.75, 3.05) is 27.2 Å². The van der Waals surface area contributed by atoms with E-state index >= 15 is 0 Å². The SMILES string of the molecule is CCCCCCCCCCCCCCCCCC[N+](C)(C)CCC[SiH](O)O.[Cl-]. The van der Waals surface area contributed by atoms with Crippen LogP contribution < -0.4 is 12.4 Å². The fourth-order valence-corrected chi connectivity index (χ4v) is 4.45. The first kappa shape index (κ1) is 30.6. The van der Waals surface area contributed by atoms with Gasteiger partial charge in [-0.05, 0) is 25.3 Å². The Kier molecular flexibility index (Phi) is 24.1. The summed E-state index contributed by atoms with van der Waals surface area (Å²) >= 11 is 0. The van der Waals surface area contributed by atoms with E-state index in [0.29, 0.717) is 6.04 Å². The molecule has 172 valence electrons. The first-order chi connectivity index (χ1) is 13.0. The first-order valence-corrected chi connectivity index (χ1v) is 14.0. The van der Waals surface area contributed by atoms with E-state index in [1.165, 1.54) is 109 Å². The van der Waals surface area contributed by atoms with E-state index < -0.39 is 9.28 Å². The van der Waals surface area contributed by atoms with Gasteiger partial charge in [0.15, 0.2) is 0 Å². The molecular formula is C23H52ClNO2Si. The van der Waals surface area contributed by atoms with E-state index in [4.69, 9.17) is 9.59 Å². The van der Waals surface area contributed by atoms with E-state index in [2.05, 4.69) is 21.0 Å². The Hall–Kier alpha value is 0.387. The van der Waals surface area contributed by atoms with Crippen LogP contribution in [0.4, 0.5) is 0 Å². The van der Waals surface area contributed by atoms with Crippen LogP contribution in [0.25, 0.3) is 0 Å². The predicted octanol–water partition coefficient (Wildman–Crippen LogP) is 2.92. The van der Waals surface area contributed by atoms with E-state index in [-0.39, 0.29) is 12.4 Å². The van der Waals surface area contributed by atoms with Crippen LogP contribution in [0.2, 0.25) is 6.04 Å². The third kappa shape index (κ3) is 24.4. The summed E-state index contributed by atoms with van der Waals surface area (Å²) in [7, 11) is 2.21. The lowest BCUT2D eigenvalue weighted by molar-refractivity contribution is -0.890. The molecule has 0 aromatic rings. The third-order valence-electron chi connectivity index (χ3n) is 5.84. The highest BCUT2D eigenvalue weighted by molar-refractivity contribution is 6.40. The van der Waals surface area contributed by atoms with Crippen molar-refractivity contribution in [3.05, 3.63) is 0 Å². The van der Waals surface area contributed by atoms with E-state index in [9.17, 15) is 0 Å². The number of halogens is 1. The summed E-state index contributed by atoms with van der Waals surface area (Å²) in [4.78, 5) is 18.1. The molecule has 0 aliphatic heterocycles. The minimum Gasteiger partial charge on any atom is -1.00 e. The molecule has 0 rings (SSSR count). The summed E-state index contributed by atoms with van der Waals surface area (Å²) in [6, 6.07) is 0.640. The molecule has 0 saturated heterocycles. The standard InChI is InChI=1S/C23H52NO2Si.ClH/c1-4-5-6-7-8-9-10-11-12-13-14-15-16-17-18-19-21-24(2,3)22-20-23-27(25)26;/h25-27H,4-23H2,1-3H3;1H/q+1;/p-1. The van der Waals surface area contributed by atoms with Gasteiger partial charge in [-0.1, -0.05) is 96.8 Å². The van der Waals surface area contributed by atoms with Crippen molar-refractivity contribution < 1.29 is 26.5 Å². The Morgan fingerprint density at radius 1 is 0.536 bits per heavy atom. The minimum atomic E-state index is -2.34. The van der Waals surface area contributed by atoms with Gasteiger partial charge in [0, 0.05) is 0 Å². The summed E-state index contributed by atoms with van der Waals surface area (Å²) in [6.45, 7) is 4.59. The lowest BCUT2D eigenvalue weighted by atomic mass is 10.0. The van der Waals surface area contributed by atoms with Crippen molar-refractivity contribution in [3.63, 3.8) is 0 Å². The molecule has 0 spiro atoms. The molecule has 0 aliphatic carbocycles. The maximum absolute atomic E-state index is 9.06. The Morgan fingerprint density at radius 2 is 0.857 bits per heavy atom. The zero-order valence-corrected chi connectivity index (χ0v) is 21.3. The molecule has 2 N–H and O–H groups in total. The lowest BCUT2D eigenvalue weighted by Gasteiger charge is -2.30. The zero-order chi connectivity index (χ0) is 20.2. The second kappa shape index (κ2) is 22.1. The smallest absolute Gasteiger partial charge is 0.316 e.